The maximum absolute atomic E-state index is 12.0. The van der Waals surface area contributed by atoms with Gasteiger partial charge in [0.05, 0.1) is 11.0 Å². The van der Waals surface area contributed by atoms with Crippen molar-refractivity contribution in [3.8, 4) is 0 Å². The number of amides is 1. The Labute approximate surface area is 97.6 Å². The normalized spacial score (nSPS) is 19.0. The van der Waals surface area contributed by atoms with Gasteiger partial charge in [0.1, 0.15) is 0 Å². The van der Waals surface area contributed by atoms with Gasteiger partial charge >= 0.3 is 0 Å². The summed E-state index contributed by atoms with van der Waals surface area (Å²) in [4.78, 5) is 12.0. The molecular formula is C12H24N2O2. The first-order valence-corrected chi connectivity index (χ1v) is 6.23. The molecule has 16 heavy (non-hydrogen) atoms. The maximum atomic E-state index is 12.0. The summed E-state index contributed by atoms with van der Waals surface area (Å²) in [7, 11) is 0. The van der Waals surface area contributed by atoms with Crippen molar-refractivity contribution in [3.05, 3.63) is 0 Å². The van der Waals surface area contributed by atoms with Crippen molar-refractivity contribution >= 4 is 5.91 Å². The molecule has 94 valence electrons. The molecule has 0 radical (unpaired) electrons. The molecule has 0 aromatic carbocycles. The first-order valence-electron chi connectivity index (χ1n) is 6.23. The number of nitrogens with two attached hydrogens (primary N) is 1. The van der Waals surface area contributed by atoms with Gasteiger partial charge in [-0.2, -0.15) is 0 Å². The molecule has 4 nitrogen and oxygen atoms in total. The highest BCUT2D eigenvalue weighted by molar-refractivity contribution is 5.83. The Balaban J connectivity index is 2.46. The third-order valence-corrected chi connectivity index (χ3v) is 4.08. The zero-order chi connectivity index (χ0) is 12.2. The van der Waals surface area contributed by atoms with Crippen LogP contribution in [-0.4, -0.2) is 29.7 Å². The van der Waals surface area contributed by atoms with Gasteiger partial charge in [-0.15, -0.1) is 0 Å². The number of aliphatic hydroxyl groups is 1. The molecule has 0 aliphatic heterocycles. The van der Waals surface area contributed by atoms with Crippen molar-refractivity contribution in [1.82, 2.24) is 5.32 Å². The van der Waals surface area contributed by atoms with Crippen molar-refractivity contribution in [2.24, 2.45) is 11.1 Å². The largest absolute Gasteiger partial charge is 0.388 e. The van der Waals surface area contributed by atoms with Crippen LogP contribution in [0.5, 0.6) is 0 Å². The van der Waals surface area contributed by atoms with Crippen LogP contribution in [0.15, 0.2) is 0 Å². The SMILES string of the molecule is CCC(O)(CC)CNC(=O)C1(CN)CCC1. The topological polar surface area (TPSA) is 75.3 Å². The second-order valence-electron chi connectivity index (χ2n) is 4.95. The van der Waals surface area contributed by atoms with Crippen LogP contribution in [0.2, 0.25) is 0 Å². The summed E-state index contributed by atoms with van der Waals surface area (Å²) in [5, 5.41) is 12.9. The van der Waals surface area contributed by atoms with Gasteiger partial charge in [-0.1, -0.05) is 20.3 Å². The molecule has 0 bridgehead atoms. The predicted octanol–water partition coefficient (Wildman–Crippen LogP) is 0.783. The van der Waals surface area contributed by atoms with E-state index in [-0.39, 0.29) is 11.3 Å². The third kappa shape index (κ3) is 2.55. The molecule has 1 amide bonds. The highest BCUT2D eigenvalue weighted by atomic mass is 16.3. The molecule has 4 N–H and O–H groups in total. The fourth-order valence-electron chi connectivity index (χ4n) is 2.06. The van der Waals surface area contributed by atoms with Crippen LogP contribution in [0.4, 0.5) is 0 Å². The number of hydrogen-bond acceptors (Lipinski definition) is 3. The Morgan fingerprint density at radius 2 is 2.00 bits per heavy atom. The lowest BCUT2D eigenvalue weighted by Crippen LogP contribution is -2.53. The summed E-state index contributed by atoms with van der Waals surface area (Å²) in [6.45, 7) is 4.60. The van der Waals surface area contributed by atoms with Gasteiger partial charge in [-0.25, -0.2) is 0 Å². The van der Waals surface area contributed by atoms with Crippen molar-refractivity contribution in [2.75, 3.05) is 13.1 Å². The number of nitrogens with one attached hydrogen (secondary N) is 1. The van der Waals surface area contributed by atoms with E-state index >= 15 is 0 Å². The summed E-state index contributed by atoms with van der Waals surface area (Å²) < 4.78 is 0. The number of carbonyl (C=O) groups is 1. The first kappa shape index (κ1) is 13.5. The molecule has 0 unspecified atom stereocenters. The van der Waals surface area contributed by atoms with E-state index in [4.69, 9.17) is 5.73 Å². The van der Waals surface area contributed by atoms with E-state index in [1.165, 1.54) is 0 Å². The highest BCUT2D eigenvalue weighted by Crippen LogP contribution is 2.40. The summed E-state index contributed by atoms with van der Waals surface area (Å²) in [6.07, 6.45) is 4.15. The van der Waals surface area contributed by atoms with Crippen LogP contribution >= 0.6 is 0 Å². The summed E-state index contributed by atoms with van der Waals surface area (Å²) in [5.41, 5.74) is 4.54. The molecular weight excluding hydrogens is 204 g/mol. The molecule has 0 atom stereocenters. The second kappa shape index (κ2) is 5.15. The van der Waals surface area contributed by atoms with Gasteiger partial charge in [0.15, 0.2) is 0 Å². The van der Waals surface area contributed by atoms with Gasteiger partial charge in [0.25, 0.3) is 0 Å². The first-order chi connectivity index (χ1) is 7.52. The van der Waals surface area contributed by atoms with Crippen molar-refractivity contribution in [1.29, 1.82) is 0 Å². The van der Waals surface area contributed by atoms with Gasteiger partial charge < -0.3 is 16.2 Å². The fourth-order valence-corrected chi connectivity index (χ4v) is 2.06. The molecule has 1 aliphatic carbocycles. The zero-order valence-corrected chi connectivity index (χ0v) is 10.4. The minimum Gasteiger partial charge on any atom is -0.388 e. The van der Waals surface area contributed by atoms with Gasteiger partial charge in [-0.3, -0.25) is 4.79 Å². The van der Waals surface area contributed by atoms with Crippen molar-refractivity contribution < 1.29 is 9.90 Å². The van der Waals surface area contributed by atoms with E-state index < -0.39 is 5.60 Å². The standard InChI is InChI=1S/C12H24N2O2/c1-3-12(16,4-2)9-14-10(15)11(8-13)6-5-7-11/h16H,3-9,13H2,1-2H3,(H,14,15). The van der Waals surface area contributed by atoms with Crippen LogP contribution < -0.4 is 11.1 Å². The summed E-state index contributed by atoms with van der Waals surface area (Å²) in [5.74, 6) is 0.0153. The molecule has 0 aromatic rings. The molecule has 0 aromatic heterocycles. The average molecular weight is 228 g/mol. The Morgan fingerprint density at radius 1 is 1.44 bits per heavy atom. The van der Waals surface area contributed by atoms with E-state index in [1.54, 1.807) is 0 Å². The Bertz CT molecular complexity index is 240. The van der Waals surface area contributed by atoms with Crippen LogP contribution in [0.25, 0.3) is 0 Å². The van der Waals surface area contributed by atoms with Crippen LogP contribution in [-0.2, 0) is 4.79 Å². The van der Waals surface area contributed by atoms with Gasteiger partial charge in [0, 0.05) is 13.1 Å². The lowest BCUT2D eigenvalue weighted by molar-refractivity contribution is -0.136. The number of hydrogen-bond donors (Lipinski definition) is 3. The number of rotatable bonds is 6. The summed E-state index contributed by atoms with van der Waals surface area (Å²) in [6, 6.07) is 0. The predicted molar refractivity (Wildman–Crippen MR) is 63.9 cm³/mol. The molecule has 0 heterocycles. The quantitative estimate of drug-likeness (QED) is 0.629. The molecule has 1 fully saturated rings. The number of carbonyl (C=O) groups excluding carboxylic acids is 1. The molecule has 1 aliphatic rings. The molecule has 0 saturated heterocycles. The van der Waals surface area contributed by atoms with E-state index in [9.17, 15) is 9.90 Å². The molecule has 4 heteroatoms. The smallest absolute Gasteiger partial charge is 0.227 e. The summed E-state index contributed by atoms with van der Waals surface area (Å²) >= 11 is 0. The highest BCUT2D eigenvalue weighted by Gasteiger charge is 2.43. The van der Waals surface area contributed by atoms with Gasteiger partial charge in [-0.05, 0) is 25.7 Å². The van der Waals surface area contributed by atoms with Gasteiger partial charge in [0.2, 0.25) is 5.91 Å². The fraction of sp³-hybridized carbons (Fsp3) is 0.917. The lowest BCUT2D eigenvalue weighted by Gasteiger charge is -2.40. The van der Waals surface area contributed by atoms with Crippen molar-refractivity contribution in [3.63, 3.8) is 0 Å². The monoisotopic (exact) mass is 228 g/mol. The van der Waals surface area contributed by atoms with E-state index in [2.05, 4.69) is 5.32 Å². The minimum absolute atomic E-state index is 0.0153. The Hall–Kier alpha value is -0.610. The average Bonchev–Trinajstić information content (AvgIpc) is 2.25. The van der Waals surface area contributed by atoms with E-state index in [0.29, 0.717) is 25.9 Å². The lowest BCUT2D eigenvalue weighted by atomic mass is 9.68. The van der Waals surface area contributed by atoms with E-state index in [1.807, 2.05) is 13.8 Å². The van der Waals surface area contributed by atoms with Crippen LogP contribution in [0.3, 0.4) is 0 Å². The van der Waals surface area contributed by atoms with Crippen LogP contribution in [0, 0.1) is 5.41 Å². The molecule has 1 rings (SSSR count). The van der Waals surface area contributed by atoms with Crippen molar-refractivity contribution in [2.45, 2.75) is 51.6 Å². The van der Waals surface area contributed by atoms with Crippen LogP contribution in [0.1, 0.15) is 46.0 Å². The zero-order valence-electron chi connectivity index (χ0n) is 10.4. The molecule has 0 spiro atoms. The molecule has 1 saturated carbocycles. The Kier molecular flexibility index (Phi) is 4.33. The van der Waals surface area contributed by atoms with E-state index in [0.717, 1.165) is 19.3 Å². The second-order valence-corrected chi connectivity index (χ2v) is 4.95. The maximum Gasteiger partial charge on any atom is 0.227 e. The minimum atomic E-state index is -0.769. The Morgan fingerprint density at radius 3 is 2.31 bits per heavy atom. The third-order valence-electron chi connectivity index (χ3n) is 4.08.